The van der Waals surface area contributed by atoms with Gasteiger partial charge in [0.05, 0.1) is 16.5 Å². The molecule has 0 amide bonds. The van der Waals surface area contributed by atoms with Crippen molar-refractivity contribution in [3.8, 4) is 0 Å². The molecule has 7 heteroatoms. The monoisotopic (exact) mass is 400 g/mol. The molecule has 0 heterocycles. The van der Waals surface area contributed by atoms with E-state index >= 15 is 0 Å². The number of hydrogen-bond acceptors (Lipinski definition) is 3. The molecule has 0 aromatic heterocycles. The van der Waals surface area contributed by atoms with E-state index in [0.29, 0.717) is 23.3 Å². The van der Waals surface area contributed by atoms with Crippen LogP contribution in [0.25, 0.3) is 0 Å². The second kappa shape index (κ2) is 5.94. The molecular weight excluding hydrogens is 387 g/mol. The molecule has 1 saturated carbocycles. The Labute approximate surface area is 126 Å². The number of benzene rings is 1. The van der Waals surface area contributed by atoms with Crippen LogP contribution >= 0.6 is 34.2 Å². The number of nitrogens with one attached hydrogen (secondary N) is 2. The van der Waals surface area contributed by atoms with Gasteiger partial charge in [0.2, 0.25) is 10.0 Å². The molecule has 4 nitrogen and oxygen atoms in total. The van der Waals surface area contributed by atoms with Crippen LogP contribution in [0.15, 0.2) is 18.2 Å². The predicted molar refractivity (Wildman–Crippen MR) is 82.6 cm³/mol. The van der Waals surface area contributed by atoms with Gasteiger partial charge in [-0.3, -0.25) is 4.72 Å². The van der Waals surface area contributed by atoms with Crippen LogP contribution in [0.1, 0.15) is 12.8 Å². The van der Waals surface area contributed by atoms with E-state index in [1.165, 1.54) is 0 Å². The van der Waals surface area contributed by atoms with E-state index < -0.39 is 10.0 Å². The highest BCUT2D eigenvalue weighted by atomic mass is 127. The van der Waals surface area contributed by atoms with Crippen molar-refractivity contribution in [2.45, 2.75) is 18.9 Å². The van der Waals surface area contributed by atoms with Gasteiger partial charge in [-0.1, -0.05) is 11.6 Å². The number of rotatable bonds is 6. The third kappa shape index (κ3) is 4.56. The van der Waals surface area contributed by atoms with Gasteiger partial charge in [0, 0.05) is 16.2 Å². The molecule has 0 unspecified atom stereocenters. The van der Waals surface area contributed by atoms with Crippen LogP contribution in [0.4, 0.5) is 5.69 Å². The molecule has 100 valence electrons. The zero-order chi connectivity index (χ0) is 13.2. The van der Waals surface area contributed by atoms with Gasteiger partial charge in [0.1, 0.15) is 0 Å². The molecule has 2 rings (SSSR count). The molecule has 0 aliphatic heterocycles. The smallest absolute Gasteiger partial charge is 0.234 e. The molecule has 18 heavy (non-hydrogen) atoms. The van der Waals surface area contributed by atoms with Crippen LogP contribution in [0, 0.1) is 3.57 Å². The zero-order valence-electron chi connectivity index (χ0n) is 9.62. The van der Waals surface area contributed by atoms with Crippen LogP contribution in [-0.2, 0) is 10.0 Å². The molecule has 1 aliphatic rings. The minimum Gasteiger partial charge on any atom is -0.313 e. The minimum atomic E-state index is -3.34. The van der Waals surface area contributed by atoms with Gasteiger partial charge in [-0.25, -0.2) is 8.42 Å². The van der Waals surface area contributed by atoms with Crippen molar-refractivity contribution in [1.82, 2.24) is 5.32 Å². The topological polar surface area (TPSA) is 58.2 Å². The summed E-state index contributed by atoms with van der Waals surface area (Å²) in [5, 5.41) is 3.59. The predicted octanol–water partition coefficient (Wildman–Crippen LogP) is 2.44. The van der Waals surface area contributed by atoms with E-state index in [9.17, 15) is 8.42 Å². The lowest BCUT2D eigenvalue weighted by Crippen LogP contribution is -2.28. The maximum absolute atomic E-state index is 11.8. The van der Waals surface area contributed by atoms with Crippen LogP contribution in [0.2, 0.25) is 5.02 Å². The number of halogens is 2. The lowest BCUT2D eigenvalue weighted by Gasteiger charge is -2.10. The molecule has 1 aromatic carbocycles. The van der Waals surface area contributed by atoms with Crippen molar-refractivity contribution in [3.05, 3.63) is 26.8 Å². The number of anilines is 1. The Bertz CT molecular complexity index is 532. The summed E-state index contributed by atoms with van der Waals surface area (Å²) in [6, 6.07) is 5.73. The van der Waals surface area contributed by atoms with E-state index in [2.05, 4.69) is 32.6 Å². The van der Waals surface area contributed by atoms with Crippen LogP contribution in [-0.4, -0.2) is 26.8 Å². The molecule has 0 atom stereocenters. The summed E-state index contributed by atoms with van der Waals surface area (Å²) < 4.78 is 27.1. The fourth-order valence-electron chi connectivity index (χ4n) is 1.48. The second-order valence-corrected chi connectivity index (χ2v) is 7.77. The van der Waals surface area contributed by atoms with Gasteiger partial charge in [0.25, 0.3) is 0 Å². The van der Waals surface area contributed by atoms with E-state index in [4.69, 9.17) is 11.6 Å². The summed E-state index contributed by atoms with van der Waals surface area (Å²) in [4.78, 5) is 0. The highest BCUT2D eigenvalue weighted by molar-refractivity contribution is 14.1. The maximum atomic E-state index is 11.8. The number of sulfonamides is 1. The average molecular weight is 401 g/mol. The summed E-state index contributed by atoms with van der Waals surface area (Å²) in [6.07, 6.45) is 2.30. The molecule has 1 aromatic rings. The van der Waals surface area contributed by atoms with Gasteiger partial charge in [0.15, 0.2) is 0 Å². The van der Waals surface area contributed by atoms with Gasteiger partial charge >= 0.3 is 0 Å². The Balaban J connectivity index is 1.93. The third-order valence-corrected chi connectivity index (χ3v) is 4.83. The van der Waals surface area contributed by atoms with Crippen molar-refractivity contribution >= 4 is 49.9 Å². The SMILES string of the molecule is O=S(=O)(CCNC1CC1)Nc1ccc(I)cc1Cl. The standard InChI is InChI=1S/C11H14ClIN2O2S/c12-10-7-8(13)1-4-11(10)15-18(16,17)6-5-14-9-2-3-9/h1,4,7,9,14-15H,2-3,5-6H2. The fraction of sp³-hybridized carbons (Fsp3) is 0.455. The molecule has 0 spiro atoms. The fourth-order valence-corrected chi connectivity index (χ4v) is 3.44. The van der Waals surface area contributed by atoms with Crippen molar-refractivity contribution in [3.63, 3.8) is 0 Å². The first-order chi connectivity index (χ1) is 8.46. The molecule has 0 radical (unpaired) electrons. The highest BCUT2D eigenvalue weighted by Gasteiger charge is 2.21. The van der Waals surface area contributed by atoms with Crippen LogP contribution in [0.5, 0.6) is 0 Å². The Morgan fingerprint density at radius 3 is 2.72 bits per heavy atom. The van der Waals surface area contributed by atoms with Crippen molar-refractivity contribution < 1.29 is 8.42 Å². The summed E-state index contributed by atoms with van der Waals surface area (Å²) in [5.41, 5.74) is 0.434. The molecule has 0 saturated heterocycles. The Kier molecular flexibility index (Phi) is 4.74. The highest BCUT2D eigenvalue weighted by Crippen LogP contribution is 2.24. The lowest BCUT2D eigenvalue weighted by atomic mass is 10.3. The third-order valence-electron chi connectivity index (χ3n) is 2.58. The molecule has 1 fully saturated rings. The van der Waals surface area contributed by atoms with Gasteiger partial charge in [-0.15, -0.1) is 0 Å². The van der Waals surface area contributed by atoms with Crippen LogP contribution in [0.3, 0.4) is 0 Å². The molecular formula is C11H14ClIN2O2S. The summed E-state index contributed by atoms with van der Waals surface area (Å²) >= 11 is 8.11. The average Bonchev–Trinajstić information content (AvgIpc) is 3.06. The number of hydrogen-bond donors (Lipinski definition) is 2. The first-order valence-electron chi connectivity index (χ1n) is 5.65. The first kappa shape index (κ1) is 14.4. The van der Waals surface area contributed by atoms with Crippen molar-refractivity contribution in [2.75, 3.05) is 17.0 Å². The van der Waals surface area contributed by atoms with E-state index in [0.717, 1.165) is 16.4 Å². The molecule has 1 aliphatic carbocycles. The van der Waals surface area contributed by atoms with E-state index in [1.807, 2.05) is 6.07 Å². The first-order valence-corrected chi connectivity index (χ1v) is 8.76. The second-order valence-electron chi connectivity index (χ2n) is 4.27. The molecule has 0 bridgehead atoms. The summed E-state index contributed by atoms with van der Waals surface area (Å²) in [5.74, 6) is 0.0613. The van der Waals surface area contributed by atoms with Gasteiger partial charge < -0.3 is 5.32 Å². The quantitative estimate of drug-likeness (QED) is 0.721. The Hall–Kier alpha value is -0.0500. The van der Waals surface area contributed by atoms with Crippen LogP contribution < -0.4 is 10.0 Å². The Morgan fingerprint density at radius 1 is 1.39 bits per heavy atom. The van der Waals surface area contributed by atoms with E-state index in [-0.39, 0.29) is 5.75 Å². The normalized spacial score (nSPS) is 15.7. The maximum Gasteiger partial charge on any atom is 0.234 e. The van der Waals surface area contributed by atoms with Gasteiger partial charge in [-0.05, 0) is 53.6 Å². The van der Waals surface area contributed by atoms with Gasteiger partial charge in [-0.2, -0.15) is 0 Å². The minimum absolute atomic E-state index is 0.0613. The van der Waals surface area contributed by atoms with E-state index in [1.54, 1.807) is 12.1 Å². The Morgan fingerprint density at radius 2 is 2.11 bits per heavy atom. The molecule has 2 N–H and O–H groups in total. The summed E-state index contributed by atoms with van der Waals surface area (Å²) in [7, 11) is -3.34. The summed E-state index contributed by atoms with van der Waals surface area (Å²) in [6.45, 7) is 0.474. The zero-order valence-corrected chi connectivity index (χ0v) is 13.3. The van der Waals surface area contributed by atoms with Crippen molar-refractivity contribution in [1.29, 1.82) is 0 Å². The largest absolute Gasteiger partial charge is 0.313 e. The van der Waals surface area contributed by atoms with Crippen molar-refractivity contribution in [2.24, 2.45) is 0 Å². The lowest BCUT2D eigenvalue weighted by molar-refractivity contribution is 0.595.